The molecule has 0 atom stereocenters. The molecule has 158 valence electrons. The predicted octanol–water partition coefficient (Wildman–Crippen LogP) is 4.68. The summed E-state index contributed by atoms with van der Waals surface area (Å²) in [5.74, 6) is 1.51. The highest BCUT2D eigenvalue weighted by atomic mass is 32.2. The molecule has 2 rings (SSSR count). The fourth-order valence-corrected chi connectivity index (χ4v) is 3.56. The lowest BCUT2D eigenvalue weighted by atomic mass is 10.2. The number of rotatable bonds is 12. The average Bonchev–Trinajstić information content (AvgIpc) is 2.73. The summed E-state index contributed by atoms with van der Waals surface area (Å²) < 4.78 is 24.2. The Balaban J connectivity index is 1.85. The molecule has 29 heavy (non-hydrogen) atoms. The average molecular weight is 421 g/mol. The van der Waals surface area contributed by atoms with Crippen molar-refractivity contribution in [2.45, 2.75) is 25.2 Å². The molecule has 0 aliphatic heterocycles. The van der Waals surface area contributed by atoms with E-state index in [-0.39, 0.29) is 11.7 Å². The van der Waals surface area contributed by atoms with Crippen molar-refractivity contribution in [3.05, 3.63) is 48.3 Å². The fraction of sp³-hybridized carbons (Fsp3) is 0.409. The van der Waals surface area contributed by atoms with Crippen LogP contribution in [0.4, 0.5) is 10.1 Å². The van der Waals surface area contributed by atoms with Crippen LogP contribution in [0.5, 0.6) is 11.5 Å². The number of methoxy groups -OCH3 is 1. The zero-order chi connectivity index (χ0) is 21.1. The van der Waals surface area contributed by atoms with Gasteiger partial charge in [-0.15, -0.1) is 11.8 Å². The second-order valence-electron chi connectivity index (χ2n) is 6.34. The van der Waals surface area contributed by atoms with Gasteiger partial charge in [0, 0.05) is 35.4 Å². The number of anilines is 1. The third-order valence-corrected chi connectivity index (χ3v) is 5.43. The van der Waals surface area contributed by atoms with E-state index in [1.165, 1.54) is 23.9 Å². The molecule has 0 aliphatic carbocycles. The third-order valence-electron chi connectivity index (χ3n) is 4.42. The highest BCUT2D eigenvalue weighted by molar-refractivity contribution is 7.99. The van der Waals surface area contributed by atoms with Crippen LogP contribution in [-0.4, -0.2) is 49.9 Å². The normalized spacial score (nSPS) is 10.8. The Labute approximate surface area is 176 Å². The van der Waals surface area contributed by atoms with Gasteiger partial charge in [-0.3, -0.25) is 4.79 Å². The van der Waals surface area contributed by atoms with E-state index in [4.69, 9.17) is 9.47 Å². The number of amides is 1. The lowest BCUT2D eigenvalue weighted by Crippen LogP contribution is -2.28. The van der Waals surface area contributed by atoms with E-state index in [0.717, 1.165) is 24.5 Å². The summed E-state index contributed by atoms with van der Waals surface area (Å²) in [5, 5.41) is 2.89. The number of halogens is 1. The zero-order valence-electron chi connectivity index (χ0n) is 17.2. The van der Waals surface area contributed by atoms with Crippen molar-refractivity contribution in [1.29, 1.82) is 0 Å². The van der Waals surface area contributed by atoms with Gasteiger partial charge in [0.15, 0.2) is 11.5 Å². The Bertz CT molecular complexity index is 767. The van der Waals surface area contributed by atoms with Gasteiger partial charge >= 0.3 is 0 Å². The van der Waals surface area contributed by atoms with Crippen LogP contribution < -0.4 is 14.8 Å². The van der Waals surface area contributed by atoms with Gasteiger partial charge in [0.1, 0.15) is 12.4 Å². The highest BCUT2D eigenvalue weighted by Crippen LogP contribution is 2.30. The first-order valence-corrected chi connectivity index (χ1v) is 10.8. The number of nitrogens with zero attached hydrogens (tertiary/aromatic N) is 1. The lowest BCUT2D eigenvalue weighted by Gasteiger charge is -2.19. The van der Waals surface area contributed by atoms with Crippen LogP contribution in [0.2, 0.25) is 0 Å². The number of carbonyl (C=O) groups is 1. The second-order valence-corrected chi connectivity index (χ2v) is 7.51. The molecule has 0 fully saturated rings. The minimum Gasteiger partial charge on any atom is -0.493 e. The highest BCUT2D eigenvalue weighted by Gasteiger charge is 2.09. The maximum atomic E-state index is 12.9. The van der Waals surface area contributed by atoms with Crippen molar-refractivity contribution in [1.82, 2.24) is 4.90 Å². The Morgan fingerprint density at radius 3 is 2.48 bits per heavy atom. The van der Waals surface area contributed by atoms with Crippen LogP contribution in [0.15, 0.2) is 47.4 Å². The predicted molar refractivity (Wildman–Crippen MR) is 117 cm³/mol. The summed E-state index contributed by atoms with van der Waals surface area (Å²) >= 11 is 1.52. The van der Waals surface area contributed by atoms with Crippen LogP contribution >= 0.6 is 11.8 Å². The van der Waals surface area contributed by atoms with Crippen molar-refractivity contribution < 1.29 is 18.7 Å². The van der Waals surface area contributed by atoms with E-state index < -0.39 is 0 Å². The number of hydrogen-bond acceptors (Lipinski definition) is 5. The number of thioether (sulfide) groups is 1. The summed E-state index contributed by atoms with van der Waals surface area (Å²) in [7, 11) is 1.59. The lowest BCUT2D eigenvalue weighted by molar-refractivity contribution is -0.115. The van der Waals surface area contributed by atoms with Crippen LogP contribution in [0.25, 0.3) is 0 Å². The Morgan fingerprint density at radius 2 is 1.83 bits per heavy atom. The van der Waals surface area contributed by atoms with Gasteiger partial charge in [0.05, 0.1) is 7.11 Å². The molecule has 0 saturated carbocycles. The molecule has 7 heteroatoms. The minimum absolute atomic E-state index is 0.0844. The Hall–Kier alpha value is -2.25. The summed E-state index contributed by atoms with van der Waals surface area (Å²) in [5.41, 5.74) is 0.667. The molecule has 0 unspecified atom stereocenters. The number of hydrogen-bond donors (Lipinski definition) is 1. The fourth-order valence-electron chi connectivity index (χ4n) is 2.71. The number of nitrogens with one attached hydrogen (secondary N) is 1. The van der Waals surface area contributed by atoms with E-state index in [0.29, 0.717) is 36.0 Å². The minimum atomic E-state index is -0.262. The first-order valence-electron chi connectivity index (χ1n) is 9.77. The SMILES string of the molecule is CCN(CC)CCOc1cc(NC(=O)CCSc2ccc(F)cc2)ccc1OC. The monoisotopic (exact) mass is 420 g/mol. The topological polar surface area (TPSA) is 50.8 Å². The summed E-state index contributed by atoms with van der Waals surface area (Å²) in [4.78, 5) is 15.5. The van der Waals surface area contributed by atoms with Crippen LogP contribution in [0.1, 0.15) is 20.3 Å². The molecule has 0 bridgehead atoms. The molecule has 1 amide bonds. The zero-order valence-corrected chi connectivity index (χ0v) is 18.1. The van der Waals surface area contributed by atoms with Crippen molar-refractivity contribution in [3.8, 4) is 11.5 Å². The standard InChI is InChI=1S/C22H29FN2O3S/c1-4-25(5-2)13-14-28-21-16-18(8-11-20(21)27-3)24-22(26)12-15-29-19-9-6-17(23)7-10-19/h6-11,16H,4-5,12-15H2,1-3H3,(H,24,26). The molecule has 2 aromatic rings. The summed E-state index contributed by atoms with van der Waals surface area (Å²) in [6, 6.07) is 11.6. The van der Waals surface area contributed by atoms with Gasteiger partial charge < -0.3 is 19.7 Å². The molecule has 5 nitrogen and oxygen atoms in total. The molecule has 0 spiro atoms. The number of benzene rings is 2. The number of ether oxygens (including phenoxy) is 2. The molecular weight excluding hydrogens is 391 g/mol. The molecule has 0 radical (unpaired) electrons. The summed E-state index contributed by atoms with van der Waals surface area (Å²) in [6.45, 7) is 7.56. The Morgan fingerprint density at radius 1 is 1.10 bits per heavy atom. The molecule has 2 aromatic carbocycles. The van der Waals surface area contributed by atoms with Gasteiger partial charge in [-0.2, -0.15) is 0 Å². The smallest absolute Gasteiger partial charge is 0.225 e. The Kier molecular flexibility index (Phi) is 9.80. The molecule has 0 aliphatic rings. The van der Waals surface area contributed by atoms with Gasteiger partial charge in [-0.25, -0.2) is 4.39 Å². The van der Waals surface area contributed by atoms with Crippen molar-refractivity contribution in [2.75, 3.05) is 44.4 Å². The van der Waals surface area contributed by atoms with Crippen molar-refractivity contribution in [3.63, 3.8) is 0 Å². The second kappa shape index (κ2) is 12.3. The molecule has 0 heterocycles. The first-order chi connectivity index (χ1) is 14.0. The van der Waals surface area contributed by atoms with Gasteiger partial charge in [0.2, 0.25) is 5.91 Å². The molecule has 0 aromatic heterocycles. The first kappa shape index (κ1) is 23.0. The quantitative estimate of drug-likeness (QED) is 0.506. The third kappa shape index (κ3) is 7.95. The van der Waals surface area contributed by atoms with Gasteiger partial charge in [-0.1, -0.05) is 13.8 Å². The van der Waals surface area contributed by atoms with Crippen molar-refractivity contribution >= 4 is 23.4 Å². The number of carbonyl (C=O) groups excluding carboxylic acids is 1. The molecular formula is C22H29FN2O3S. The van der Waals surface area contributed by atoms with E-state index >= 15 is 0 Å². The van der Waals surface area contributed by atoms with E-state index in [1.807, 2.05) is 0 Å². The van der Waals surface area contributed by atoms with Gasteiger partial charge in [0.25, 0.3) is 0 Å². The maximum absolute atomic E-state index is 12.9. The maximum Gasteiger partial charge on any atom is 0.225 e. The summed E-state index contributed by atoms with van der Waals surface area (Å²) in [6.07, 6.45) is 0.353. The molecule has 0 saturated heterocycles. The van der Waals surface area contributed by atoms with Gasteiger partial charge in [-0.05, 0) is 49.5 Å². The molecule has 1 N–H and O–H groups in total. The van der Waals surface area contributed by atoms with E-state index in [2.05, 4.69) is 24.1 Å². The van der Waals surface area contributed by atoms with Crippen LogP contribution in [0.3, 0.4) is 0 Å². The van der Waals surface area contributed by atoms with Crippen LogP contribution in [-0.2, 0) is 4.79 Å². The van der Waals surface area contributed by atoms with Crippen LogP contribution in [0, 0.1) is 5.82 Å². The van der Waals surface area contributed by atoms with E-state index in [1.54, 1.807) is 37.4 Å². The van der Waals surface area contributed by atoms with E-state index in [9.17, 15) is 9.18 Å². The van der Waals surface area contributed by atoms with Crippen molar-refractivity contribution in [2.24, 2.45) is 0 Å². The number of likely N-dealkylation sites (N-methyl/N-ethyl adjacent to an activating group) is 1. The largest absolute Gasteiger partial charge is 0.493 e.